The van der Waals surface area contributed by atoms with Crippen LogP contribution in [0.3, 0.4) is 0 Å². The summed E-state index contributed by atoms with van der Waals surface area (Å²) in [6.45, 7) is 1.17. The molecule has 4 aromatic rings. The third-order valence-electron chi connectivity index (χ3n) is 4.89. The minimum atomic E-state index is -0.114. The monoisotopic (exact) mass is 427 g/mol. The lowest BCUT2D eigenvalue weighted by Gasteiger charge is -2.18. The average Bonchev–Trinajstić information content (AvgIpc) is 3.31. The molecule has 6 heteroatoms. The second kappa shape index (κ2) is 10.3. The number of rotatable bonds is 9. The molecule has 0 fully saturated rings. The van der Waals surface area contributed by atoms with Gasteiger partial charge < -0.3 is 14.4 Å². The maximum absolute atomic E-state index is 13.1. The van der Waals surface area contributed by atoms with Crippen LogP contribution in [0.25, 0.3) is 5.69 Å². The zero-order valence-corrected chi connectivity index (χ0v) is 17.9. The summed E-state index contributed by atoms with van der Waals surface area (Å²) >= 11 is 0. The first-order chi connectivity index (χ1) is 15.7. The summed E-state index contributed by atoms with van der Waals surface area (Å²) in [6.07, 6.45) is 3.71. The van der Waals surface area contributed by atoms with Crippen molar-refractivity contribution in [2.75, 3.05) is 20.3 Å². The molecule has 1 amide bonds. The maximum Gasteiger partial charge on any atom is 0.257 e. The molecule has 1 aromatic heterocycles. The van der Waals surface area contributed by atoms with Gasteiger partial charge in [-0.25, -0.2) is 4.68 Å². The van der Waals surface area contributed by atoms with Crippen molar-refractivity contribution < 1.29 is 14.3 Å². The van der Waals surface area contributed by atoms with E-state index in [9.17, 15) is 4.79 Å². The Morgan fingerprint density at radius 3 is 2.31 bits per heavy atom. The van der Waals surface area contributed by atoms with Crippen LogP contribution in [0.2, 0.25) is 0 Å². The summed E-state index contributed by atoms with van der Waals surface area (Å²) in [6, 6.07) is 26.7. The van der Waals surface area contributed by atoms with Crippen LogP contribution in [-0.4, -0.2) is 40.8 Å². The molecule has 4 rings (SSSR count). The van der Waals surface area contributed by atoms with Crippen molar-refractivity contribution in [2.24, 2.45) is 0 Å². The van der Waals surface area contributed by atoms with E-state index in [1.807, 2.05) is 79.0 Å². The number of para-hydroxylation sites is 3. The van der Waals surface area contributed by atoms with E-state index >= 15 is 0 Å². The number of nitrogens with zero attached hydrogens (tertiary/aromatic N) is 3. The number of carbonyl (C=O) groups is 1. The molecule has 32 heavy (non-hydrogen) atoms. The molecule has 0 unspecified atom stereocenters. The summed E-state index contributed by atoms with van der Waals surface area (Å²) in [5.41, 5.74) is 2.44. The fraction of sp³-hybridized carbons (Fsp3) is 0.154. The largest absolute Gasteiger partial charge is 0.490 e. The standard InChI is InChI=1S/C26H25N3O3/c1-28(19-21-18-27-29(20-21)22-10-4-2-5-11-22)26(30)24-14-8-9-15-25(24)32-17-16-31-23-12-6-3-7-13-23/h2-15,18,20H,16-17,19H2,1H3. The maximum atomic E-state index is 13.1. The number of ether oxygens (including phenoxy) is 2. The average molecular weight is 428 g/mol. The molecule has 0 aliphatic rings. The van der Waals surface area contributed by atoms with Crippen LogP contribution in [0.5, 0.6) is 11.5 Å². The second-order valence-electron chi connectivity index (χ2n) is 7.30. The third kappa shape index (κ3) is 5.35. The van der Waals surface area contributed by atoms with Gasteiger partial charge in [-0.1, -0.05) is 48.5 Å². The Bertz CT molecular complexity index is 1140. The first-order valence-electron chi connectivity index (χ1n) is 10.4. The van der Waals surface area contributed by atoms with Crippen LogP contribution in [0.1, 0.15) is 15.9 Å². The highest BCUT2D eigenvalue weighted by atomic mass is 16.5. The van der Waals surface area contributed by atoms with Gasteiger partial charge in [0.2, 0.25) is 0 Å². The van der Waals surface area contributed by atoms with E-state index in [0.29, 0.717) is 31.1 Å². The van der Waals surface area contributed by atoms with E-state index in [0.717, 1.165) is 17.0 Å². The summed E-state index contributed by atoms with van der Waals surface area (Å²) in [7, 11) is 1.78. The van der Waals surface area contributed by atoms with Crippen molar-refractivity contribution in [1.82, 2.24) is 14.7 Å². The van der Waals surface area contributed by atoms with E-state index in [-0.39, 0.29) is 5.91 Å². The number of carbonyl (C=O) groups excluding carboxylic acids is 1. The Hall–Kier alpha value is -4.06. The molecule has 0 saturated heterocycles. The molecule has 3 aromatic carbocycles. The van der Waals surface area contributed by atoms with Gasteiger partial charge in [0.1, 0.15) is 24.7 Å². The zero-order valence-electron chi connectivity index (χ0n) is 17.9. The summed E-state index contributed by atoms with van der Waals surface area (Å²) < 4.78 is 13.3. The van der Waals surface area contributed by atoms with Gasteiger partial charge in [-0.2, -0.15) is 5.10 Å². The lowest BCUT2D eigenvalue weighted by atomic mass is 10.1. The van der Waals surface area contributed by atoms with Crippen molar-refractivity contribution >= 4 is 5.91 Å². The van der Waals surface area contributed by atoms with E-state index in [4.69, 9.17) is 9.47 Å². The van der Waals surface area contributed by atoms with Crippen molar-refractivity contribution in [1.29, 1.82) is 0 Å². The summed E-state index contributed by atoms with van der Waals surface area (Å²) in [5.74, 6) is 1.22. The van der Waals surface area contributed by atoms with E-state index < -0.39 is 0 Å². The topological polar surface area (TPSA) is 56.6 Å². The van der Waals surface area contributed by atoms with Gasteiger partial charge in [0.05, 0.1) is 17.4 Å². The van der Waals surface area contributed by atoms with Gasteiger partial charge in [0.25, 0.3) is 5.91 Å². The van der Waals surface area contributed by atoms with Crippen LogP contribution in [0, 0.1) is 0 Å². The molecule has 0 atom stereocenters. The number of hydrogen-bond acceptors (Lipinski definition) is 4. The number of benzene rings is 3. The van der Waals surface area contributed by atoms with Crippen LogP contribution in [0.4, 0.5) is 0 Å². The highest BCUT2D eigenvalue weighted by Gasteiger charge is 2.17. The molecule has 0 saturated carbocycles. The summed E-state index contributed by atoms with van der Waals surface area (Å²) in [5, 5.41) is 4.40. The Kier molecular flexibility index (Phi) is 6.82. The van der Waals surface area contributed by atoms with E-state index in [1.165, 1.54) is 0 Å². The molecule has 1 heterocycles. The molecule has 0 radical (unpaired) electrons. The number of aromatic nitrogens is 2. The van der Waals surface area contributed by atoms with Gasteiger partial charge >= 0.3 is 0 Å². The quantitative estimate of drug-likeness (QED) is 0.366. The Labute approximate surface area is 187 Å². The number of hydrogen-bond donors (Lipinski definition) is 0. The predicted octanol–water partition coefficient (Wildman–Crippen LogP) is 4.60. The summed E-state index contributed by atoms with van der Waals surface area (Å²) in [4.78, 5) is 14.7. The third-order valence-corrected chi connectivity index (χ3v) is 4.89. The van der Waals surface area contributed by atoms with Crippen molar-refractivity contribution in [3.63, 3.8) is 0 Å². The van der Waals surface area contributed by atoms with Crippen molar-refractivity contribution in [3.8, 4) is 17.2 Å². The van der Waals surface area contributed by atoms with Crippen molar-refractivity contribution in [3.05, 3.63) is 108 Å². The molecule has 0 bridgehead atoms. The molecule has 0 aliphatic heterocycles. The minimum absolute atomic E-state index is 0.114. The second-order valence-corrected chi connectivity index (χ2v) is 7.30. The highest BCUT2D eigenvalue weighted by molar-refractivity contribution is 5.96. The van der Waals surface area contributed by atoms with Gasteiger partial charge in [0, 0.05) is 25.4 Å². The van der Waals surface area contributed by atoms with Gasteiger partial charge in [-0.15, -0.1) is 0 Å². The molecule has 0 N–H and O–H groups in total. The van der Waals surface area contributed by atoms with Crippen LogP contribution < -0.4 is 9.47 Å². The lowest BCUT2D eigenvalue weighted by Crippen LogP contribution is -2.26. The SMILES string of the molecule is CN(Cc1cnn(-c2ccccc2)c1)C(=O)c1ccccc1OCCOc1ccccc1. The van der Waals surface area contributed by atoms with E-state index in [2.05, 4.69) is 5.10 Å². The van der Waals surface area contributed by atoms with Gasteiger partial charge in [0.15, 0.2) is 0 Å². The zero-order chi connectivity index (χ0) is 22.2. The first-order valence-corrected chi connectivity index (χ1v) is 10.4. The predicted molar refractivity (Wildman–Crippen MR) is 123 cm³/mol. The molecular formula is C26H25N3O3. The Morgan fingerprint density at radius 1 is 0.875 bits per heavy atom. The lowest BCUT2D eigenvalue weighted by molar-refractivity contribution is 0.0779. The molecular weight excluding hydrogens is 402 g/mol. The number of amides is 1. The van der Waals surface area contributed by atoms with Gasteiger partial charge in [-0.3, -0.25) is 4.79 Å². The smallest absolute Gasteiger partial charge is 0.257 e. The molecule has 0 aliphatic carbocycles. The van der Waals surface area contributed by atoms with Gasteiger partial charge in [-0.05, 0) is 36.4 Å². The Morgan fingerprint density at radius 2 is 1.53 bits per heavy atom. The fourth-order valence-corrected chi connectivity index (χ4v) is 3.31. The van der Waals surface area contributed by atoms with Crippen LogP contribution in [0.15, 0.2) is 97.3 Å². The molecule has 0 spiro atoms. The normalized spacial score (nSPS) is 10.5. The first kappa shape index (κ1) is 21.2. The van der Waals surface area contributed by atoms with Crippen molar-refractivity contribution in [2.45, 2.75) is 6.54 Å². The Balaban J connectivity index is 1.36. The highest BCUT2D eigenvalue weighted by Crippen LogP contribution is 2.21. The minimum Gasteiger partial charge on any atom is -0.490 e. The van der Waals surface area contributed by atoms with E-state index in [1.54, 1.807) is 35.0 Å². The fourth-order valence-electron chi connectivity index (χ4n) is 3.31. The molecule has 162 valence electrons. The van der Waals surface area contributed by atoms with Crippen LogP contribution in [-0.2, 0) is 6.54 Å². The molecule has 6 nitrogen and oxygen atoms in total. The van der Waals surface area contributed by atoms with Crippen LogP contribution >= 0.6 is 0 Å².